The molecule has 24 heavy (non-hydrogen) atoms. The molecule has 0 fully saturated rings. The van der Waals surface area contributed by atoms with Crippen molar-refractivity contribution in [3.63, 3.8) is 0 Å². The molecule has 0 aliphatic carbocycles. The zero-order valence-corrected chi connectivity index (χ0v) is 13.4. The summed E-state index contributed by atoms with van der Waals surface area (Å²) >= 11 is 0. The standard InChI is InChI=1S/C17H18N4O3/c1-2-6-21-14-5-7-20(17(22)15-4-3-8-24-15)9-12(14)16(19-21)13-10-23-11-18-13/h3-4,8,10-11H,2,5-7,9H2,1H3. The molecule has 0 atom stereocenters. The van der Waals surface area contributed by atoms with E-state index in [2.05, 4.69) is 11.9 Å². The molecule has 7 heteroatoms. The maximum atomic E-state index is 12.6. The summed E-state index contributed by atoms with van der Waals surface area (Å²) in [6.07, 6.45) is 6.28. The van der Waals surface area contributed by atoms with Gasteiger partial charge >= 0.3 is 0 Å². The topological polar surface area (TPSA) is 77.3 Å². The van der Waals surface area contributed by atoms with Crippen molar-refractivity contribution >= 4 is 5.91 Å². The quantitative estimate of drug-likeness (QED) is 0.737. The summed E-state index contributed by atoms with van der Waals surface area (Å²) in [5, 5.41) is 4.71. The van der Waals surface area contributed by atoms with Gasteiger partial charge in [-0.2, -0.15) is 5.10 Å². The molecule has 124 valence electrons. The number of carbonyl (C=O) groups excluding carboxylic acids is 1. The lowest BCUT2D eigenvalue weighted by molar-refractivity contribution is 0.0701. The van der Waals surface area contributed by atoms with E-state index in [4.69, 9.17) is 13.9 Å². The first kappa shape index (κ1) is 14.7. The average Bonchev–Trinajstić information content (AvgIpc) is 3.35. The first-order valence-corrected chi connectivity index (χ1v) is 8.07. The summed E-state index contributed by atoms with van der Waals surface area (Å²) < 4.78 is 12.4. The maximum absolute atomic E-state index is 12.6. The highest BCUT2D eigenvalue weighted by atomic mass is 16.3. The summed E-state index contributed by atoms with van der Waals surface area (Å²) in [5.74, 6) is 0.266. The average molecular weight is 326 g/mol. The minimum Gasteiger partial charge on any atom is -0.459 e. The van der Waals surface area contributed by atoms with Crippen LogP contribution in [-0.4, -0.2) is 32.1 Å². The van der Waals surface area contributed by atoms with Crippen LogP contribution < -0.4 is 0 Å². The third-order valence-electron chi connectivity index (χ3n) is 4.26. The van der Waals surface area contributed by atoms with E-state index in [1.807, 2.05) is 4.68 Å². The van der Waals surface area contributed by atoms with Crippen molar-refractivity contribution in [3.05, 3.63) is 48.1 Å². The normalized spacial score (nSPS) is 14.0. The number of hydrogen-bond acceptors (Lipinski definition) is 5. The van der Waals surface area contributed by atoms with E-state index in [9.17, 15) is 4.79 Å². The fraction of sp³-hybridized carbons (Fsp3) is 0.353. The number of fused-ring (bicyclic) bond motifs is 1. The zero-order valence-electron chi connectivity index (χ0n) is 13.4. The van der Waals surface area contributed by atoms with Crippen LogP contribution >= 0.6 is 0 Å². The minimum absolute atomic E-state index is 0.0972. The number of amides is 1. The number of oxazole rings is 1. The van der Waals surface area contributed by atoms with Crippen LogP contribution in [0, 0.1) is 0 Å². The highest BCUT2D eigenvalue weighted by Gasteiger charge is 2.29. The summed E-state index contributed by atoms with van der Waals surface area (Å²) in [4.78, 5) is 18.6. The van der Waals surface area contributed by atoms with E-state index in [0.717, 1.165) is 30.6 Å². The largest absolute Gasteiger partial charge is 0.459 e. The van der Waals surface area contributed by atoms with E-state index >= 15 is 0 Å². The molecule has 7 nitrogen and oxygen atoms in total. The van der Waals surface area contributed by atoms with Crippen molar-refractivity contribution in [2.24, 2.45) is 0 Å². The first-order valence-electron chi connectivity index (χ1n) is 8.07. The number of hydrogen-bond donors (Lipinski definition) is 0. The van der Waals surface area contributed by atoms with Gasteiger partial charge in [-0.05, 0) is 18.6 Å². The predicted molar refractivity (Wildman–Crippen MR) is 85.2 cm³/mol. The van der Waals surface area contributed by atoms with Crippen molar-refractivity contribution in [2.45, 2.75) is 32.9 Å². The van der Waals surface area contributed by atoms with Crippen LogP contribution in [0.15, 0.2) is 39.9 Å². The van der Waals surface area contributed by atoms with E-state index < -0.39 is 0 Å². The molecule has 0 saturated carbocycles. The number of rotatable bonds is 4. The van der Waals surface area contributed by atoms with Crippen molar-refractivity contribution < 1.29 is 13.6 Å². The van der Waals surface area contributed by atoms with Crippen LogP contribution in [0.3, 0.4) is 0 Å². The van der Waals surface area contributed by atoms with Crippen LogP contribution in [-0.2, 0) is 19.5 Å². The van der Waals surface area contributed by atoms with Gasteiger partial charge in [0.05, 0.1) is 12.8 Å². The first-order chi connectivity index (χ1) is 11.8. The van der Waals surface area contributed by atoms with Crippen LogP contribution in [0.25, 0.3) is 11.4 Å². The van der Waals surface area contributed by atoms with Gasteiger partial charge in [0.1, 0.15) is 17.7 Å². The van der Waals surface area contributed by atoms with Gasteiger partial charge in [0.25, 0.3) is 5.91 Å². The van der Waals surface area contributed by atoms with E-state index in [1.54, 1.807) is 23.3 Å². The van der Waals surface area contributed by atoms with E-state index in [0.29, 0.717) is 24.5 Å². The monoisotopic (exact) mass is 326 g/mol. The molecule has 0 unspecified atom stereocenters. The molecule has 1 aliphatic heterocycles. The fourth-order valence-electron chi connectivity index (χ4n) is 3.15. The Morgan fingerprint density at radius 3 is 3.04 bits per heavy atom. The number of carbonyl (C=O) groups is 1. The Morgan fingerprint density at radius 1 is 1.42 bits per heavy atom. The van der Waals surface area contributed by atoms with E-state index in [-0.39, 0.29) is 5.91 Å². The van der Waals surface area contributed by atoms with Gasteiger partial charge in [-0.3, -0.25) is 9.48 Å². The van der Waals surface area contributed by atoms with Gasteiger partial charge in [-0.25, -0.2) is 4.98 Å². The number of aromatic nitrogens is 3. The lowest BCUT2D eigenvalue weighted by Crippen LogP contribution is -2.36. The molecule has 0 saturated heterocycles. The Bertz CT molecular complexity index is 834. The maximum Gasteiger partial charge on any atom is 0.289 e. The van der Waals surface area contributed by atoms with Crippen LogP contribution in [0.2, 0.25) is 0 Å². The van der Waals surface area contributed by atoms with Crippen molar-refractivity contribution in [1.82, 2.24) is 19.7 Å². The summed E-state index contributed by atoms with van der Waals surface area (Å²) in [6, 6.07) is 3.42. The van der Waals surface area contributed by atoms with Crippen molar-refractivity contribution in [1.29, 1.82) is 0 Å². The third kappa shape index (κ3) is 2.42. The highest BCUT2D eigenvalue weighted by molar-refractivity contribution is 5.91. The molecule has 0 aromatic carbocycles. The highest BCUT2D eigenvalue weighted by Crippen LogP contribution is 2.30. The third-order valence-corrected chi connectivity index (χ3v) is 4.26. The Morgan fingerprint density at radius 2 is 2.33 bits per heavy atom. The molecule has 3 aromatic rings. The van der Waals surface area contributed by atoms with Crippen LogP contribution in [0.4, 0.5) is 0 Å². The predicted octanol–water partition coefficient (Wildman–Crippen LogP) is 2.74. The van der Waals surface area contributed by atoms with Crippen molar-refractivity contribution in [2.75, 3.05) is 6.54 Å². The van der Waals surface area contributed by atoms with Gasteiger partial charge in [-0.15, -0.1) is 0 Å². The Kier molecular flexibility index (Phi) is 3.68. The zero-order chi connectivity index (χ0) is 16.5. The second-order valence-electron chi connectivity index (χ2n) is 5.82. The van der Waals surface area contributed by atoms with Crippen LogP contribution in [0.5, 0.6) is 0 Å². The molecular formula is C17H18N4O3. The lowest BCUT2D eigenvalue weighted by atomic mass is 10.0. The summed E-state index contributed by atoms with van der Waals surface area (Å²) in [7, 11) is 0. The number of aryl methyl sites for hydroxylation is 1. The van der Waals surface area contributed by atoms with Gasteiger partial charge < -0.3 is 13.7 Å². The summed E-state index contributed by atoms with van der Waals surface area (Å²) in [6.45, 7) is 4.13. The number of furan rings is 1. The number of nitrogens with zero attached hydrogens (tertiary/aromatic N) is 4. The molecule has 1 aliphatic rings. The Balaban J connectivity index is 1.70. The second-order valence-corrected chi connectivity index (χ2v) is 5.82. The van der Waals surface area contributed by atoms with E-state index in [1.165, 1.54) is 18.4 Å². The van der Waals surface area contributed by atoms with Gasteiger partial charge in [0.2, 0.25) is 0 Å². The van der Waals surface area contributed by atoms with Crippen LogP contribution in [0.1, 0.15) is 35.2 Å². The molecule has 0 spiro atoms. The smallest absolute Gasteiger partial charge is 0.289 e. The Hall–Kier alpha value is -2.83. The fourth-order valence-corrected chi connectivity index (χ4v) is 3.15. The summed E-state index contributed by atoms with van der Waals surface area (Å²) in [5.41, 5.74) is 3.72. The van der Waals surface area contributed by atoms with Gasteiger partial charge in [0, 0.05) is 30.8 Å². The van der Waals surface area contributed by atoms with Gasteiger partial charge in [-0.1, -0.05) is 6.92 Å². The van der Waals surface area contributed by atoms with Gasteiger partial charge in [0.15, 0.2) is 12.2 Å². The molecule has 0 bridgehead atoms. The molecule has 4 heterocycles. The molecule has 4 rings (SSSR count). The van der Waals surface area contributed by atoms with Crippen molar-refractivity contribution in [3.8, 4) is 11.4 Å². The molecule has 1 amide bonds. The second kappa shape index (κ2) is 5.99. The minimum atomic E-state index is -0.0972. The molecular weight excluding hydrogens is 308 g/mol. The molecule has 0 radical (unpaired) electrons. The SMILES string of the molecule is CCCn1nc(-c2cocn2)c2c1CCN(C(=O)c1ccco1)C2. The Labute approximate surface area is 138 Å². The molecule has 0 N–H and O–H groups in total. The lowest BCUT2D eigenvalue weighted by Gasteiger charge is -2.27. The molecule has 3 aromatic heterocycles.